The van der Waals surface area contributed by atoms with Crippen molar-refractivity contribution >= 4 is 11.6 Å². The summed E-state index contributed by atoms with van der Waals surface area (Å²) in [5.41, 5.74) is -2.56. The van der Waals surface area contributed by atoms with Crippen molar-refractivity contribution in [2.75, 3.05) is 6.61 Å². The third-order valence-electron chi connectivity index (χ3n) is 3.26. The van der Waals surface area contributed by atoms with E-state index in [0.717, 1.165) is 5.56 Å². The number of alkyl halides is 3. The van der Waals surface area contributed by atoms with Crippen LogP contribution in [0.2, 0.25) is 0 Å². The second-order valence-electron chi connectivity index (χ2n) is 5.09. The third-order valence-corrected chi connectivity index (χ3v) is 3.26. The molecular formula is C14H15F3N2O3. The molecule has 2 rings (SSSR count). The molecular weight excluding hydrogens is 301 g/mol. The van der Waals surface area contributed by atoms with Crippen LogP contribution in [0.25, 0.3) is 0 Å². The summed E-state index contributed by atoms with van der Waals surface area (Å²) in [5.74, 6) is -0.689. The minimum atomic E-state index is -5.01. The third kappa shape index (κ3) is 2.92. The molecule has 0 saturated heterocycles. The van der Waals surface area contributed by atoms with Gasteiger partial charge in [0.15, 0.2) is 6.61 Å². The first kappa shape index (κ1) is 16.3. The molecule has 5 nitrogen and oxygen atoms in total. The Morgan fingerprint density at radius 1 is 1.41 bits per heavy atom. The van der Waals surface area contributed by atoms with E-state index < -0.39 is 30.8 Å². The van der Waals surface area contributed by atoms with Crippen LogP contribution in [0.5, 0.6) is 5.75 Å². The molecule has 1 heterocycles. The van der Waals surface area contributed by atoms with Gasteiger partial charge in [-0.05, 0) is 25.5 Å². The number of nitrogens with zero attached hydrogens (tertiary/aromatic N) is 2. The van der Waals surface area contributed by atoms with E-state index in [1.165, 1.54) is 6.92 Å². The quantitative estimate of drug-likeness (QED) is 0.930. The fourth-order valence-electron chi connectivity index (χ4n) is 2.12. The number of para-hydroxylation sites is 1. The Labute approximate surface area is 125 Å². The smallest absolute Gasteiger partial charge is 0.438 e. The monoisotopic (exact) mass is 316 g/mol. The maximum Gasteiger partial charge on any atom is 0.438 e. The van der Waals surface area contributed by atoms with Gasteiger partial charge in [-0.25, -0.2) is 0 Å². The molecule has 1 unspecified atom stereocenters. The maximum atomic E-state index is 13.0. The summed E-state index contributed by atoms with van der Waals surface area (Å²) in [6.07, 6.45) is -5.78. The average Bonchev–Trinajstić information content (AvgIpc) is 2.73. The van der Waals surface area contributed by atoms with Gasteiger partial charge in [0.05, 0.1) is 0 Å². The number of amides is 1. The molecule has 0 bridgehead atoms. The van der Waals surface area contributed by atoms with E-state index in [1.54, 1.807) is 31.2 Å². The van der Waals surface area contributed by atoms with Gasteiger partial charge < -0.3 is 9.84 Å². The molecule has 0 aromatic heterocycles. The Balaban J connectivity index is 2.13. The lowest BCUT2D eigenvalue weighted by atomic mass is 10.1. The number of aryl methyl sites for hydroxylation is 1. The Hall–Kier alpha value is -2.09. The summed E-state index contributed by atoms with van der Waals surface area (Å²) in [5, 5.41) is 13.3. The van der Waals surface area contributed by atoms with E-state index in [4.69, 9.17) is 4.74 Å². The Morgan fingerprint density at radius 2 is 2.05 bits per heavy atom. The highest BCUT2D eigenvalue weighted by Crippen LogP contribution is 2.40. The van der Waals surface area contributed by atoms with E-state index in [9.17, 15) is 23.1 Å². The number of halogens is 3. The minimum Gasteiger partial charge on any atom is -0.483 e. The molecule has 0 spiro atoms. The number of hydrogen-bond donors (Lipinski definition) is 1. The molecule has 1 aromatic rings. The van der Waals surface area contributed by atoms with Gasteiger partial charge in [-0.1, -0.05) is 18.2 Å². The van der Waals surface area contributed by atoms with E-state index >= 15 is 0 Å². The first-order valence-electron chi connectivity index (χ1n) is 6.50. The van der Waals surface area contributed by atoms with Crippen LogP contribution in [0.3, 0.4) is 0 Å². The molecule has 0 saturated carbocycles. The van der Waals surface area contributed by atoms with Gasteiger partial charge in [-0.15, -0.1) is 0 Å². The van der Waals surface area contributed by atoms with Gasteiger partial charge in [-0.2, -0.15) is 23.3 Å². The van der Waals surface area contributed by atoms with Crippen molar-refractivity contribution < 1.29 is 27.8 Å². The van der Waals surface area contributed by atoms with E-state index in [-0.39, 0.29) is 10.7 Å². The van der Waals surface area contributed by atoms with Gasteiger partial charge in [0.25, 0.3) is 11.6 Å². The van der Waals surface area contributed by atoms with Crippen LogP contribution >= 0.6 is 0 Å². The molecule has 1 amide bonds. The van der Waals surface area contributed by atoms with Gasteiger partial charge in [0.1, 0.15) is 5.75 Å². The molecule has 0 fully saturated rings. The highest BCUT2D eigenvalue weighted by atomic mass is 19.4. The molecule has 1 N–H and O–H groups in total. The van der Waals surface area contributed by atoms with Crippen LogP contribution in [-0.4, -0.2) is 40.2 Å². The number of rotatable bonds is 3. The Kier molecular flexibility index (Phi) is 4.15. The van der Waals surface area contributed by atoms with Crippen molar-refractivity contribution in [2.24, 2.45) is 5.10 Å². The normalized spacial score (nSPS) is 21.7. The van der Waals surface area contributed by atoms with Crippen molar-refractivity contribution in [3.05, 3.63) is 29.8 Å². The van der Waals surface area contributed by atoms with Crippen molar-refractivity contribution in [1.29, 1.82) is 0 Å². The first-order valence-corrected chi connectivity index (χ1v) is 6.50. The molecule has 0 radical (unpaired) electrons. The zero-order valence-corrected chi connectivity index (χ0v) is 12.0. The summed E-state index contributed by atoms with van der Waals surface area (Å²) in [6.45, 7) is 2.40. The first-order chi connectivity index (χ1) is 10.1. The minimum absolute atomic E-state index is 0.0177. The summed E-state index contributed by atoms with van der Waals surface area (Å²) >= 11 is 0. The fourth-order valence-corrected chi connectivity index (χ4v) is 2.12. The van der Waals surface area contributed by atoms with Crippen LogP contribution in [0.15, 0.2) is 29.4 Å². The zero-order valence-electron chi connectivity index (χ0n) is 12.0. The predicted octanol–water partition coefficient (Wildman–Crippen LogP) is 2.23. The number of benzene rings is 1. The molecule has 0 aliphatic carbocycles. The van der Waals surface area contributed by atoms with Crippen LogP contribution in [-0.2, 0) is 4.79 Å². The maximum absolute atomic E-state index is 13.0. The second kappa shape index (κ2) is 5.60. The molecule has 1 atom stereocenters. The molecule has 120 valence electrons. The van der Waals surface area contributed by atoms with Gasteiger partial charge >= 0.3 is 6.18 Å². The summed E-state index contributed by atoms with van der Waals surface area (Å²) in [4.78, 5) is 12.0. The largest absolute Gasteiger partial charge is 0.483 e. The summed E-state index contributed by atoms with van der Waals surface area (Å²) in [7, 11) is 0. The van der Waals surface area contributed by atoms with Crippen molar-refractivity contribution in [3.8, 4) is 5.75 Å². The lowest BCUT2D eigenvalue weighted by Crippen LogP contribution is -2.57. The Morgan fingerprint density at radius 3 is 2.64 bits per heavy atom. The second-order valence-corrected chi connectivity index (χ2v) is 5.09. The Bertz CT molecular complexity index is 616. The standard InChI is InChI=1S/C14H15F3N2O3/c1-9-5-3-4-6-11(9)22-8-12(20)19-13(21,14(15,16)17)7-10(2)18-19/h3-6,21H,7-8H2,1-2H3. The van der Waals surface area contributed by atoms with Gasteiger partial charge in [0, 0.05) is 12.1 Å². The highest BCUT2D eigenvalue weighted by Gasteiger charge is 2.62. The number of aliphatic hydroxyl groups is 1. The number of hydrogen-bond acceptors (Lipinski definition) is 4. The van der Waals surface area contributed by atoms with Crippen LogP contribution < -0.4 is 4.74 Å². The number of ether oxygens (including phenoxy) is 1. The summed E-state index contributed by atoms with van der Waals surface area (Å²) in [6, 6.07) is 6.78. The average molecular weight is 316 g/mol. The van der Waals surface area contributed by atoms with Crippen LogP contribution in [0.1, 0.15) is 18.9 Å². The van der Waals surface area contributed by atoms with Crippen LogP contribution in [0.4, 0.5) is 13.2 Å². The fraction of sp³-hybridized carbons (Fsp3) is 0.429. The molecule has 1 aromatic carbocycles. The van der Waals surface area contributed by atoms with E-state index in [1.807, 2.05) is 0 Å². The number of hydrazone groups is 1. The highest BCUT2D eigenvalue weighted by molar-refractivity contribution is 5.89. The number of carbonyl (C=O) groups is 1. The topological polar surface area (TPSA) is 62.1 Å². The predicted molar refractivity (Wildman–Crippen MR) is 72.3 cm³/mol. The number of carbonyl (C=O) groups excluding carboxylic acids is 1. The molecule has 8 heteroatoms. The lowest BCUT2D eigenvalue weighted by Gasteiger charge is -2.32. The van der Waals surface area contributed by atoms with E-state index in [2.05, 4.69) is 5.10 Å². The lowest BCUT2D eigenvalue weighted by molar-refractivity contribution is -0.302. The van der Waals surface area contributed by atoms with Gasteiger partial charge in [-0.3, -0.25) is 4.79 Å². The van der Waals surface area contributed by atoms with Crippen molar-refractivity contribution in [2.45, 2.75) is 32.2 Å². The zero-order chi connectivity index (χ0) is 16.5. The van der Waals surface area contributed by atoms with Crippen molar-refractivity contribution in [3.63, 3.8) is 0 Å². The molecule has 1 aliphatic rings. The van der Waals surface area contributed by atoms with Crippen LogP contribution in [0, 0.1) is 6.92 Å². The summed E-state index contributed by atoms with van der Waals surface area (Å²) < 4.78 is 44.2. The molecule has 1 aliphatic heterocycles. The SMILES string of the molecule is CC1=NN(C(=O)COc2ccccc2C)C(O)(C(F)(F)F)C1. The van der Waals surface area contributed by atoms with Gasteiger partial charge in [0.2, 0.25) is 0 Å². The molecule has 22 heavy (non-hydrogen) atoms. The van der Waals surface area contributed by atoms with E-state index in [0.29, 0.717) is 5.75 Å². The van der Waals surface area contributed by atoms with Crippen molar-refractivity contribution in [1.82, 2.24) is 5.01 Å².